The maximum atomic E-state index is 10.9. The summed E-state index contributed by atoms with van der Waals surface area (Å²) in [6.07, 6.45) is -3.29. The van der Waals surface area contributed by atoms with Crippen LogP contribution in [-0.2, 0) is 27.5 Å². The fourth-order valence-corrected chi connectivity index (χ4v) is 2.40. The molecule has 0 unspecified atom stereocenters. The first-order valence-corrected chi connectivity index (χ1v) is 8.31. The zero-order chi connectivity index (χ0) is 18.8. The van der Waals surface area contributed by atoms with Crippen LogP contribution in [0.15, 0.2) is 54.6 Å². The van der Waals surface area contributed by atoms with Crippen LogP contribution in [0.2, 0.25) is 0 Å². The van der Waals surface area contributed by atoms with Crippen LogP contribution in [0.25, 0.3) is 0 Å². The molecule has 2 rings (SSSR count). The largest absolute Gasteiger partial charge is 0.497 e. The average molecular weight is 360 g/mol. The molecule has 140 valence electrons. The van der Waals surface area contributed by atoms with E-state index in [2.05, 4.69) is 0 Å². The Labute approximate surface area is 152 Å². The van der Waals surface area contributed by atoms with E-state index in [0.717, 1.165) is 16.9 Å². The number of rotatable bonds is 11. The third-order valence-corrected chi connectivity index (χ3v) is 3.86. The monoisotopic (exact) mass is 360 g/mol. The summed E-state index contributed by atoms with van der Waals surface area (Å²) in [6, 6.07) is 16.7. The van der Waals surface area contributed by atoms with Crippen LogP contribution in [0, 0.1) is 0 Å². The number of methoxy groups -OCH3 is 1. The molecular formula is C20H24O6. The summed E-state index contributed by atoms with van der Waals surface area (Å²) in [7, 11) is 1.59. The van der Waals surface area contributed by atoms with Gasteiger partial charge in [0.1, 0.15) is 24.1 Å². The molecule has 2 N–H and O–H groups in total. The summed E-state index contributed by atoms with van der Waals surface area (Å²) in [4.78, 5) is 10.9. The van der Waals surface area contributed by atoms with E-state index >= 15 is 0 Å². The lowest BCUT2D eigenvalue weighted by molar-refractivity contribution is -0.143. The van der Waals surface area contributed by atoms with E-state index in [1.165, 1.54) is 0 Å². The third kappa shape index (κ3) is 6.24. The summed E-state index contributed by atoms with van der Waals surface area (Å²) in [6.45, 7) is 0.381. The van der Waals surface area contributed by atoms with Gasteiger partial charge in [0.25, 0.3) is 0 Å². The summed E-state index contributed by atoms with van der Waals surface area (Å²) < 4.78 is 16.1. The molecule has 0 fully saturated rings. The highest BCUT2D eigenvalue weighted by Crippen LogP contribution is 2.13. The summed E-state index contributed by atoms with van der Waals surface area (Å²) in [5.41, 5.74) is 1.79. The molecule has 6 heteroatoms. The zero-order valence-electron chi connectivity index (χ0n) is 14.7. The normalized spacial score (nSPS) is 14.4. The second kappa shape index (κ2) is 10.7. The topological polar surface area (TPSA) is 85.2 Å². The van der Waals surface area contributed by atoms with E-state index in [1.54, 1.807) is 7.11 Å². The van der Waals surface area contributed by atoms with Crippen molar-refractivity contribution in [3.05, 3.63) is 65.7 Å². The minimum absolute atomic E-state index is 0.0730. The van der Waals surface area contributed by atoms with Gasteiger partial charge >= 0.3 is 0 Å². The van der Waals surface area contributed by atoms with Crippen LogP contribution < -0.4 is 4.74 Å². The van der Waals surface area contributed by atoms with E-state index in [-0.39, 0.29) is 19.8 Å². The van der Waals surface area contributed by atoms with Gasteiger partial charge in [0, 0.05) is 0 Å². The second-order valence-corrected chi connectivity index (χ2v) is 5.82. The van der Waals surface area contributed by atoms with Gasteiger partial charge in [-0.05, 0) is 23.3 Å². The minimum Gasteiger partial charge on any atom is -0.497 e. The van der Waals surface area contributed by atoms with Crippen molar-refractivity contribution in [2.24, 2.45) is 0 Å². The number of aldehydes is 1. The molecule has 0 radical (unpaired) electrons. The maximum absolute atomic E-state index is 10.9. The van der Waals surface area contributed by atoms with Gasteiger partial charge in [-0.25, -0.2) is 0 Å². The van der Waals surface area contributed by atoms with Gasteiger partial charge in [0.15, 0.2) is 6.29 Å². The number of aliphatic hydroxyl groups is 2. The number of aliphatic hydroxyl groups excluding tert-OH is 2. The Morgan fingerprint density at radius 1 is 0.962 bits per heavy atom. The maximum Gasteiger partial charge on any atom is 0.151 e. The van der Waals surface area contributed by atoms with Gasteiger partial charge in [0.05, 0.1) is 26.9 Å². The fourth-order valence-electron chi connectivity index (χ4n) is 2.40. The quantitative estimate of drug-likeness (QED) is 0.594. The lowest BCUT2D eigenvalue weighted by Crippen LogP contribution is -2.43. The Morgan fingerprint density at radius 3 is 2.23 bits per heavy atom. The average Bonchev–Trinajstić information content (AvgIpc) is 2.69. The zero-order valence-corrected chi connectivity index (χ0v) is 14.7. The number of carbonyl (C=O) groups is 1. The Hall–Kier alpha value is -2.25. The Kier molecular flexibility index (Phi) is 8.24. The van der Waals surface area contributed by atoms with Crippen LogP contribution in [0.4, 0.5) is 0 Å². The minimum atomic E-state index is -1.43. The fraction of sp³-hybridized carbons (Fsp3) is 0.350. The van der Waals surface area contributed by atoms with Gasteiger partial charge in [-0.15, -0.1) is 0 Å². The first kappa shape index (κ1) is 20.1. The van der Waals surface area contributed by atoms with Gasteiger partial charge in [-0.2, -0.15) is 0 Å². The van der Waals surface area contributed by atoms with Crippen LogP contribution in [-0.4, -0.2) is 48.5 Å². The molecule has 0 saturated heterocycles. The van der Waals surface area contributed by atoms with Gasteiger partial charge < -0.3 is 29.2 Å². The van der Waals surface area contributed by atoms with E-state index in [0.29, 0.717) is 6.29 Å². The summed E-state index contributed by atoms with van der Waals surface area (Å²) in [5, 5.41) is 20.1. The predicted molar refractivity (Wildman–Crippen MR) is 95.7 cm³/mol. The number of benzene rings is 2. The Balaban J connectivity index is 1.84. The molecule has 0 aliphatic carbocycles. The van der Waals surface area contributed by atoms with Crippen molar-refractivity contribution >= 4 is 6.29 Å². The smallest absolute Gasteiger partial charge is 0.151 e. The van der Waals surface area contributed by atoms with Crippen LogP contribution in [0.3, 0.4) is 0 Å². The summed E-state index contributed by atoms with van der Waals surface area (Å²) >= 11 is 0. The van der Waals surface area contributed by atoms with Crippen molar-refractivity contribution in [2.75, 3.05) is 13.7 Å². The summed E-state index contributed by atoms with van der Waals surface area (Å²) in [5.74, 6) is 0.747. The number of hydrogen-bond donors (Lipinski definition) is 2. The molecule has 0 saturated carbocycles. The molecule has 2 aromatic rings. The lowest BCUT2D eigenvalue weighted by Gasteiger charge is -2.25. The van der Waals surface area contributed by atoms with Crippen molar-refractivity contribution in [1.82, 2.24) is 0 Å². The second-order valence-electron chi connectivity index (χ2n) is 5.82. The van der Waals surface area contributed by atoms with Crippen LogP contribution in [0.5, 0.6) is 5.75 Å². The molecule has 0 amide bonds. The Morgan fingerprint density at radius 2 is 1.62 bits per heavy atom. The predicted octanol–water partition coefficient (Wildman–Crippen LogP) is 1.72. The molecule has 6 nitrogen and oxygen atoms in total. The standard InChI is InChI=1S/C20H24O6/c1-24-17-9-7-16(8-10-17)12-25-14-19(23)20(18(22)11-21)26-13-15-5-3-2-4-6-15/h2-11,18-20,22-23H,12-14H2,1H3/t18-,19+,20-/m0/s1. The molecule has 0 aliphatic heterocycles. The molecule has 2 aromatic carbocycles. The molecule has 0 spiro atoms. The van der Waals surface area contributed by atoms with Gasteiger partial charge in [0.2, 0.25) is 0 Å². The highest BCUT2D eigenvalue weighted by molar-refractivity contribution is 5.56. The van der Waals surface area contributed by atoms with Crippen molar-refractivity contribution in [3.63, 3.8) is 0 Å². The number of carbonyl (C=O) groups excluding carboxylic acids is 1. The van der Waals surface area contributed by atoms with Gasteiger partial charge in [-0.1, -0.05) is 42.5 Å². The van der Waals surface area contributed by atoms with Crippen LogP contribution >= 0.6 is 0 Å². The molecular weight excluding hydrogens is 336 g/mol. The van der Waals surface area contributed by atoms with E-state index in [9.17, 15) is 15.0 Å². The number of hydrogen-bond acceptors (Lipinski definition) is 6. The van der Waals surface area contributed by atoms with Crippen molar-refractivity contribution < 1.29 is 29.2 Å². The molecule has 0 heterocycles. The van der Waals surface area contributed by atoms with Crippen molar-refractivity contribution in [1.29, 1.82) is 0 Å². The highest BCUT2D eigenvalue weighted by Gasteiger charge is 2.28. The third-order valence-electron chi connectivity index (χ3n) is 3.86. The van der Waals surface area contributed by atoms with E-state index in [4.69, 9.17) is 14.2 Å². The van der Waals surface area contributed by atoms with E-state index in [1.807, 2.05) is 54.6 Å². The molecule has 0 aliphatic rings. The molecule has 3 atom stereocenters. The first-order chi connectivity index (χ1) is 12.6. The lowest BCUT2D eigenvalue weighted by atomic mass is 10.1. The molecule has 0 bridgehead atoms. The molecule has 0 aromatic heterocycles. The Bertz CT molecular complexity index is 643. The number of ether oxygens (including phenoxy) is 3. The highest BCUT2D eigenvalue weighted by atomic mass is 16.5. The van der Waals surface area contributed by atoms with Crippen molar-refractivity contribution in [2.45, 2.75) is 31.5 Å². The SMILES string of the molecule is COc1ccc(COC[C@@H](O)[C@@H](OCc2ccccc2)[C@@H](O)C=O)cc1. The van der Waals surface area contributed by atoms with Gasteiger partial charge in [-0.3, -0.25) is 0 Å². The van der Waals surface area contributed by atoms with Crippen molar-refractivity contribution in [3.8, 4) is 5.75 Å². The molecule has 26 heavy (non-hydrogen) atoms. The first-order valence-electron chi connectivity index (χ1n) is 8.31. The van der Waals surface area contributed by atoms with Crippen LogP contribution in [0.1, 0.15) is 11.1 Å². The van der Waals surface area contributed by atoms with E-state index < -0.39 is 18.3 Å².